The monoisotopic (exact) mass is 708 g/mol. The molecule has 0 amide bonds. The normalized spacial score (nSPS) is 17.5. The van der Waals surface area contributed by atoms with Gasteiger partial charge in [-0.1, -0.05) is 24.3 Å². The Morgan fingerprint density at radius 3 is 1.40 bits per heavy atom. The number of nitrogens with zero attached hydrogens (tertiary/aromatic N) is 4. The summed E-state index contributed by atoms with van der Waals surface area (Å²) in [4.78, 5) is 19.5. The molecule has 1 aliphatic rings. The first-order valence-corrected chi connectivity index (χ1v) is 17.1. The van der Waals surface area contributed by atoms with E-state index in [4.69, 9.17) is 46.4 Å². The molecule has 0 unspecified atom stereocenters. The van der Waals surface area contributed by atoms with E-state index in [-0.39, 0.29) is 0 Å². The number of alkyl halides is 4. The zero-order chi connectivity index (χ0) is 32.9. The molecular weight excluding hydrogens is 666 g/mol. The second-order valence-corrected chi connectivity index (χ2v) is 12.5. The Labute approximate surface area is 285 Å². The fourth-order valence-electron chi connectivity index (χ4n) is 5.70. The molecule has 4 atom stereocenters. The predicted octanol–water partition coefficient (Wildman–Crippen LogP) is 2.82. The molecule has 0 aromatic heterocycles. The second kappa shape index (κ2) is 19.3. The number of aliphatic carboxylic acids is 1. The molecule has 5 N–H and O–H groups in total. The number of rotatable bonds is 19. The summed E-state index contributed by atoms with van der Waals surface area (Å²) in [5.74, 6) is 0.173. The number of carbonyl (C=O) groups is 1. The Morgan fingerprint density at radius 2 is 1.07 bits per heavy atom. The summed E-state index contributed by atoms with van der Waals surface area (Å²) in [6.45, 7) is 4.62. The van der Waals surface area contributed by atoms with E-state index in [0.717, 1.165) is 28.9 Å². The van der Waals surface area contributed by atoms with Crippen LogP contribution in [0.1, 0.15) is 17.5 Å². The standard InChI is InChI=1S/C31H44Cl4N4O6/c32-10-16-36(17-11-33)24-6-2-22(3-7-24)20-38-14-1-15-39(30(38)28(42)26(40)27(41)29(43)31(44)45)21-23-4-8-25(9-5-23)37(18-12-34)19-13-35/h2-9,26-30,40-43H,1,10-21H2,(H,44,45)/t26-,27+,28-,29+/m1/s1. The molecule has 3 rings (SSSR count). The van der Waals surface area contributed by atoms with Crippen LogP contribution < -0.4 is 9.80 Å². The topological polar surface area (TPSA) is 131 Å². The summed E-state index contributed by atoms with van der Waals surface area (Å²) in [5, 5.41) is 51.9. The van der Waals surface area contributed by atoms with Gasteiger partial charge >= 0.3 is 5.97 Å². The average Bonchev–Trinajstić information content (AvgIpc) is 3.04. The number of hydrogen-bond acceptors (Lipinski definition) is 9. The Bertz CT molecular complexity index is 1070. The number of aliphatic hydroxyl groups is 4. The van der Waals surface area contributed by atoms with Crippen LogP contribution in [0.5, 0.6) is 0 Å². The van der Waals surface area contributed by atoms with Crippen molar-refractivity contribution in [3.05, 3.63) is 59.7 Å². The van der Waals surface area contributed by atoms with Crippen LogP contribution in [0.15, 0.2) is 48.5 Å². The molecule has 2 aromatic rings. The van der Waals surface area contributed by atoms with Gasteiger partial charge in [0.2, 0.25) is 0 Å². The van der Waals surface area contributed by atoms with E-state index in [9.17, 15) is 30.3 Å². The third kappa shape index (κ3) is 10.7. The fourth-order valence-corrected chi connectivity index (χ4v) is 6.52. The largest absolute Gasteiger partial charge is 0.479 e. The molecule has 0 radical (unpaired) electrons. The van der Waals surface area contributed by atoms with Crippen molar-refractivity contribution in [3.8, 4) is 0 Å². The van der Waals surface area contributed by atoms with E-state index in [2.05, 4.69) is 9.80 Å². The molecule has 1 saturated heterocycles. The SMILES string of the molecule is O=C(O)[C@@H](O)[C@@H](O)[C@@H](O)[C@@H](O)C1N(Cc2ccc(N(CCCl)CCCl)cc2)CCCN1Cc1ccc(N(CCCl)CCCl)cc1. The highest BCUT2D eigenvalue weighted by atomic mass is 35.5. The van der Waals surface area contributed by atoms with Gasteiger partial charge in [0, 0.05) is 87.3 Å². The van der Waals surface area contributed by atoms with Gasteiger partial charge in [-0.05, 0) is 41.8 Å². The molecule has 2 aromatic carbocycles. The minimum Gasteiger partial charge on any atom is -0.479 e. The lowest BCUT2D eigenvalue weighted by Gasteiger charge is -2.47. The van der Waals surface area contributed by atoms with E-state index in [1.807, 2.05) is 58.3 Å². The fraction of sp³-hybridized carbons (Fsp3) is 0.581. The van der Waals surface area contributed by atoms with Crippen LogP contribution in [-0.2, 0) is 17.9 Å². The van der Waals surface area contributed by atoms with Gasteiger partial charge < -0.3 is 35.3 Å². The van der Waals surface area contributed by atoms with Gasteiger partial charge in [-0.15, -0.1) is 46.4 Å². The van der Waals surface area contributed by atoms with Gasteiger partial charge in [0.1, 0.15) is 18.3 Å². The van der Waals surface area contributed by atoms with Crippen molar-refractivity contribution >= 4 is 63.7 Å². The minimum atomic E-state index is -2.26. The molecule has 14 heteroatoms. The highest BCUT2D eigenvalue weighted by Crippen LogP contribution is 2.27. The smallest absolute Gasteiger partial charge is 0.335 e. The summed E-state index contributed by atoms with van der Waals surface area (Å²) in [5.41, 5.74) is 3.88. The van der Waals surface area contributed by atoms with Crippen molar-refractivity contribution in [3.63, 3.8) is 0 Å². The molecule has 0 aliphatic carbocycles. The number of aliphatic hydroxyl groups excluding tert-OH is 4. The van der Waals surface area contributed by atoms with Crippen molar-refractivity contribution in [2.75, 3.05) is 72.6 Å². The van der Waals surface area contributed by atoms with Gasteiger partial charge in [0.15, 0.2) is 6.10 Å². The number of hydrogen-bond donors (Lipinski definition) is 5. The highest BCUT2D eigenvalue weighted by molar-refractivity contribution is 6.19. The lowest BCUT2D eigenvalue weighted by atomic mass is 9.97. The van der Waals surface area contributed by atoms with Crippen molar-refractivity contribution in [1.29, 1.82) is 0 Å². The molecule has 1 aliphatic heterocycles. The summed E-state index contributed by atoms with van der Waals surface area (Å²) < 4.78 is 0. The number of carboxylic acid groups (broad SMARTS) is 1. The maximum absolute atomic E-state index is 11.4. The Hall–Kier alpha value is -1.57. The van der Waals surface area contributed by atoms with Crippen molar-refractivity contribution in [2.24, 2.45) is 0 Å². The van der Waals surface area contributed by atoms with E-state index in [0.29, 0.717) is 75.9 Å². The molecule has 252 valence electrons. The van der Waals surface area contributed by atoms with Crippen molar-refractivity contribution in [1.82, 2.24) is 9.80 Å². The maximum atomic E-state index is 11.4. The summed E-state index contributed by atoms with van der Waals surface area (Å²) in [6, 6.07) is 15.9. The summed E-state index contributed by atoms with van der Waals surface area (Å²) in [6.07, 6.45) is -7.89. The van der Waals surface area contributed by atoms with Gasteiger partial charge in [0.25, 0.3) is 0 Å². The second-order valence-electron chi connectivity index (χ2n) is 11.0. The van der Waals surface area contributed by atoms with Gasteiger partial charge in [-0.25, -0.2) is 4.79 Å². The number of anilines is 2. The minimum absolute atomic E-state index is 0.415. The van der Waals surface area contributed by atoms with E-state index >= 15 is 0 Å². The van der Waals surface area contributed by atoms with Crippen LogP contribution in [-0.4, -0.2) is 135 Å². The maximum Gasteiger partial charge on any atom is 0.335 e. The average molecular weight is 711 g/mol. The van der Waals surface area contributed by atoms with E-state index < -0.39 is 36.6 Å². The summed E-state index contributed by atoms with van der Waals surface area (Å²) in [7, 11) is 0. The summed E-state index contributed by atoms with van der Waals surface area (Å²) >= 11 is 23.9. The lowest BCUT2D eigenvalue weighted by Crippen LogP contribution is -2.63. The van der Waals surface area contributed by atoms with Crippen molar-refractivity contribution < 1.29 is 30.3 Å². The molecule has 0 spiro atoms. The zero-order valence-corrected chi connectivity index (χ0v) is 28.2. The number of benzene rings is 2. The van der Waals surface area contributed by atoms with Gasteiger partial charge in [-0.2, -0.15) is 0 Å². The van der Waals surface area contributed by atoms with Crippen LogP contribution in [0.25, 0.3) is 0 Å². The number of carboxylic acids is 1. The van der Waals surface area contributed by atoms with E-state index in [1.165, 1.54) is 0 Å². The van der Waals surface area contributed by atoms with Gasteiger partial charge in [0.05, 0.1) is 6.17 Å². The quantitative estimate of drug-likeness (QED) is 0.139. The Kier molecular flexibility index (Phi) is 16.2. The molecule has 0 saturated carbocycles. The first kappa shape index (κ1) is 37.9. The van der Waals surface area contributed by atoms with Crippen LogP contribution >= 0.6 is 46.4 Å². The molecule has 0 bridgehead atoms. The molecule has 1 fully saturated rings. The molecule has 45 heavy (non-hydrogen) atoms. The first-order chi connectivity index (χ1) is 21.6. The van der Waals surface area contributed by atoms with Crippen LogP contribution in [0.2, 0.25) is 0 Å². The zero-order valence-electron chi connectivity index (χ0n) is 25.1. The third-order valence-corrected chi connectivity index (χ3v) is 8.69. The van der Waals surface area contributed by atoms with Crippen molar-refractivity contribution in [2.45, 2.75) is 50.1 Å². The molecule has 1 heterocycles. The van der Waals surface area contributed by atoms with Gasteiger partial charge in [-0.3, -0.25) is 9.80 Å². The molecule has 10 nitrogen and oxygen atoms in total. The number of halogens is 4. The van der Waals surface area contributed by atoms with E-state index in [1.54, 1.807) is 0 Å². The van der Waals surface area contributed by atoms with Crippen LogP contribution in [0, 0.1) is 0 Å². The first-order valence-electron chi connectivity index (χ1n) is 15.0. The third-order valence-electron chi connectivity index (χ3n) is 8.01. The van der Waals surface area contributed by atoms with Crippen LogP contribution in [0.3, 0.4) is 0 Å². The lowest BCUT2D eigenvalue weighted by molar-refractivity contribution is -0.176. The predicted molar refractivity (Wildman–Crippen MR) is 181 cm³/mol. The highest BCUT2D eigenvalue weighted by Gasteiger charge is 2.43. The Morgan fingerprint density at radius 1 is 0.689 bits per heavy atom. The Balaban J connectivity index is 1.87. The van der Waals surface area contributed by atoms with Crippen LogP contribution in [0.4, 0.5) is 11.4 Å². The molecular formula is C31H44Cl4N4O6.